The maximum absolute atomic E-state index is 6.22. The van der Waals surface area contributed by atoms with Gasteiger partial charge in [-0.2, -0.15) is 4.98 Å². The summed E-state index contributed by atoms with van der Waals surface area (Å²) in [4.78, 5) is 4.35. The average molecular weight is 268 g/mol. The van der Waals surface area contributed by atoms with E-state index in [-0.39, 0.29) is 5.54 Å². The van der Waals surface area contributed by atoms with E-state index in [1.807, 2.05) is 6.07 Å². The number of halogens is 1. The Balaban J connectivity index is 2.13. The van der Waals surface area contributed by atoms with E-state index in [0.29, 0.717) is 17.5 Å². The van der Waals surface area contributed by atoms with E-state index in [1.165, 1.54) is 0 Å². The molecular formula is C12H18ClN5. The lowest BCUT2D eigenvalue weighted by Gasteiger charge is -2.26. The Kier molecular flexibility index (Phi) is 3.73. The van der Waals surface area contributed by atoms with Crippen LogP contribution in [0, 0.1) is 0 Å². The summed E-state index contributed by atoms with van der Waals surface area (Å²) in [5.41, 5.74) is 6.77. The molecule has 0 amide bonds. The van der Waals surface area contributed by atoms with Crippen molar-refractivity contribution < 1.29 is 0 Å². The van der Waals surface area contributed by atoms with Gasteiger partial charge in [-0.25, -0.2) is 4.52 Å². The average Bonchev–Trinajstić information content (AvgIpc) is 2.78. The van der Waals surface area contributed by atoms with Crippen LogP contribution in [0.2, 0.25) is 5.02 Å². The van der Waals surface area contributed by atoms with E-state index in [0.717, 1.165) is 18.5 Å². The predicted octanol–water partition coefficient (Wildman–Crippen LogP) is 2.31. The first-order valence-corrected chi connectivity index (χ1v) is 6.49. The molecule has 0 bridgehead atoms. The first-order chi connectivity index (χ1) is 8.56. The molecule has 0 atom stereocenters. The molecule has 0 unspecified atom stereocenters. The van der Waals surface area contributed by atoms with Crippen LogP contribution in [-0.4, -0.2) is 26.7 Å². The zero-order valence-corrected chi connectivity index (χ0v) is 11.4. The number of hydrogen-bond donors (Lipinski definition) is 2. The van der Waals surface area contributed by atoms with Crippen LogP contribution < -0.4 is 11.1 Å². The standard InChI is InChI=1S/C12H18ClN5/c1-3-12(14,4-2)8-15-11-16-10-6-5-9(13)7-18(10)17-11/h5-7H,3-4,8,14H2,1-2H3,(H,15,17). The molecule has 2 aromatic rings. The molecule has 2 heterocycles. The molecular weight excluding hydrogens is 250 g/mol. The van der Waals surface area contributed by atoms with Gasteiger partial charge >= 0.3 is 0 Å². The van der Waals surface area contributed by atoms with E-state index in [4.69, 9.17) is 17.3 Å². The fraction of sp³-hybridized carbons (Fsp3) is 0.500. The molecule has 0 saturated carbocycles. The molecule has 0 fully saturated rings. The minimum absolute atomic E-state index is 0.213. The minimum atomic E-state index is -0.213. The van der Waals surface area contributed by atoms with Crippen molar-refractivity contribution in [1.29, 1.82) is 0 Å². The smallest absolute Gasteiger partial charge is 0.243 e. The molecule has 0 aliphatic rings. The van der Waals surface area contributed by atoms with Crippen molar-refractivity contribution in [3.8, 4) is 0 Å². The summed E-state index contributed by atoms with van der Waals surface area (Å²) in [5, 5.41) is 8.12. The van der Waals surface area contributed by atoms with Gasteiger partial charge in [-0.05, 0) is 25.0 Å². The first-order valence-electron chi connectivity index (χ1n) is 6.11. The van der Waals surface area contributed by atoms with Crippen molar-refractivity contribution in [2.24, 2.45) is 5.73 Å². The Morgan fingerprint density at radius 3 is 2.78 bits per heavy atom. The van der Waals surface area contributed by atoms with Crippen molar-refractivity contribution in [2.45, 2.75) is 32.2 Å². The SMILES string of the molecule is CCC(N)(CC)CNc1nc2ccc(Cl)cn2n1. The summed E-state index contributed by atoms with van der Waals surface area (Å²) in [6.45, 7) is 4.83. The highest BCUT2D eigenvalue weighted by atomic mass is 35.5. The molecule has 2 rings (SSSR count). The van der Waals surface area contributed by atoms with Crippen molar-refractivity contribution in [3.05, 3.63) is 23.4 Å². The number of nitrogens with one attached hydrogen (secondary N) is 1. The summed E-state index contributed by atoms with van der Waals surface area (Å²) >= 11 is 5.89. The summed E-state index contributed by atoms with van der Waals surface area (Å²) in [7, 11) is 0. The lowest BCUT2D eigenvalue weighted by Crippen LogP contribution is -2.45. The molecule has 0 spiro atoms. The summed E-state index contributed by atoms with van der Waals surface area (Å²) in [5.74, 6) is 0.578. The molecule has 0 radical (unpaired) electrons. The van der Waals surface area contributed by atoms with E-state index in [2.05, 4.69) is 29.2 Å². The molecule has 0 saturated heterocycles. The van der Waals surface area contributed by atoms with Crippen molar-refractivity contribution in [3.63, 3.8) is 0 Å². The highest BCUT2D eigenvalue weighted by Crippen LogP contribution is 2.14. The Hall–Kier alpha value is -1.33. The number of aromatic nitrogens is 3. The number of rotatable bonds is 5. The molecule has 2 aromatic heterocycles. The highest BCUT2D eigenvalue weighted by Gasteiger charge is 2.20. The lowest BCUT2D eigenvalue weighted by atomic mass is 9.94. The van der Waals surface area contributed by atoms with E-state index in [1.54, 1.807) is 16.8 Å². The van der Waals surface area contributed by atoms with Crippen LogP contribution in [0.3, 0.4) is 0 Å². The van der Waals surface area contributed by atoms with Gasteiger partial charge in [-0.1, -0.05) is 25.4 Å². The molecule has 0 aromatic carbocycles. The number of nitrogens with zero attached hydrogens (tertiary/aromatic N) is 3. The van der Waals surface area contributed by atoms with E-state index < -0.39 is 0 Å². The van der Waals surface area contributed by atoms with Crippen LogP contribution in [0.5, 0.6) is 0 Å². The Morgan fingerprint density at radius 1 is 1.39 bits per heavy atom. The second-order valence-corrected chi connectivity index (χ2v) is 4.94. The predicted molar refractivity (Wildman–Crippen MR) is 74.0 cm³/mol. The van der Waals surface area contributed by atoms with Crippen LogP contribution in [0.4, 0.5) is 5.95 Å². The molecule has 3 N–H and O–H groups in total. The fourth-order valence-corrected chi connectivity index (χ4v) is 1.84. The third-order valence-electron chi connectivity index (χ3n) is 3.30. The van der Waals surface area contributed by atoms with E-state index in [9.17, 15) is 0 Å². The normalized spacial score (nSPS) is 12.0. The highest BCUT2D eigenvalue weighted by molar-refractivity contribution is 6.30. The number of hydrogen-bond acceptors (Lipinski definition) is 4. The van der Waals surface area contributed by atoms with Gasteiger partial charge in [-0.3, -0.25) is 0 Å². The third-order valence-corrected chi connectivity index (χ3v) is 3.53. The number of nitrogens with two attached hydrogens (primary N) is 1. The lowest BCUT2D eigenvalue weighted by molar-refractivity contribution is 0.417. The van der Waals surface area contributed by atoms with Crippen LogP contribution >= 0.6 is 11.6 Å². The van der Waals surface area contributed by atoms with Gasteiger partial charge in [0, 0.05) is 18.3 Å². The minimum Gasteiger partial charge on any atom is -0.351 e. The zero-order valence-electron chi connectivity index (χ0n) is 10.7. The van der Waals surface area contributed by atoms with Crippen LogP contribution in [-0.2, 0) is 0 Å². The van der Waals surface area contributed by atoms with Gasteiger partial charge < -0.3 is 11.1 Å². The van der Waals surface area contributed by atoms with Gasteiger partial charge in [0.15, 0.2) is 5.65 Å². The van der Waals surface area contributed by atoms with Crippen molar-refractivity contribution >= 4 is 23.2 Å². The molecule has 0 aliphatic heterocycles. The second-order valence-electron chi connectivity index (χ2n) is 4.51. The Bertz CT molecular complexity index is 532. The van der Waals surface area contributed by atoms with Crippen molar-refractivity contribution in [1.82, 2.24) is 14.6 Å². The molecule has 18 heavy (non-hydrogen) atoms. The molecule has 6 heteroatoms. The van der Waals surface area contributed by atoms with Crippen LogP contribution in [0.15, 0.2) is 18.3 Å². The van der Waals surface area contributed by atoms with Gasteiger partial charge in [0.2, 0.25) is 5.95 Å². The van der Waals surface area contributed by atoms with Gasteiger partial charge in [0.05, 0.1) is 5.02 Å². The monoisotopic (exact) mass is 267 g/mol. The third kappa shape index (κ3) is 2.73. The van der Waals surface area contributed by atoms with Gasteiger partial charge in [-0.15, -0.1) is 5.10 Å². The van der Waals surface area contributed by atoms with Crippen molar-refractivity contribution in [2.75, 3.05) is 11.9 Å². The van der Waals surface area contributed by atoms with Gasteiger partial charge in [0.1, 0.15) is 0 Å². The zero-order chi connectivity index (χ0) is 13.2. The topological polar surface area (TPSA) is 68.2 Å². The number of pyridine rings is 1. The summed E-state index contributed by atoms with van der Waals surface area (Å²) < 4.78 is 1.65. The summed E-state index contributed by atoms with van der Waals surface area (Å²) in [6.07, 6.45) is 3.55. The Morgan fingerprint density at radius 2 is 2.11 bits per heavy atom. The van der Waals surface area contributed by atoms with E-state index >= 15 is 0 Å². The molecule has 98 valence electrons. The second kappa shape index (κ2) is 5.12. The Labute approximate surface area is 111 Å². The fourth-order valence-electron chi connectivity index (χ4n) is 1.69. The quantitative estimate of drug-likeness (QED) is 0.872. The van der Waals surface area contributed by atoms with Crippen LogP contribution in [0.25, 0.3) is 5.65 Å². The largest absolute Gasteiger partial charge is 0.351 e. The maximum Gasteiger partial charge on any atom is 0.243 e. The number of fused-ring (bicyclic) bond motifs is 1. The van der Waals surface area contributed by atoms with Crippen LogP contribution in [0.1, 0.15) is 26.7 Å². The summed E-state index contributed by atoms with van der Waals surface area (Å²) in [6, 6.07) is 3.62. The maximum atomic E-state index is 6.22. The van der Waals surface area contributed by atoms with Gasteiger partial charge in [0.25, 0.3) is 0 Å². The molecule has 5 nitrogen and oxygen atoms in total. The molecule has 0 aliphatic carbocycles. The first kappa shape index (κ1) is 13.1. The number of anilines is 1.